The first-order valence-electron chi connectivity index (χ1n) is 6.18. The Hall–Kier alpha value is -1.57. The van der Waals surface area contributed by atoms with Gasteiger partial charge in [-0.3, -0.25) is 4.79 Å². The average Bonchev–Trinajstić information content (AvgIpc) is 2.73. The molecule has 0 aliphatic heterocycles. The van der Waals surface area contributed by atoms with Gasteiger partial charge in [0.1, 0.15) is 0 Å². The molecule has 0 saturated heterocycles. The van der Waals surface area contributed by atoms with Crippen LogP contribution in [0, 0.1) is 0 Å². The van der Waals surface area contributed by atoms with Gasteiger partial charge >= 0.3 is 6.18 Å². The molecule has 1 aromatic rings. The number of nitrogens with zero attached hydrogens (tertiary/aromatic N) is 2. The third-order valence-electron chi connectivity index (χ3n) is 3.10. The van der Waals surface area contributed by atoms with Crippen molar-refractivity contribution in [3.8, 4) is 0 Å². The maximum atomic E-state index is 13.1. The maximum Gasteiger partial charge on any atom is 0.425 e. The largest absolute Gasteiger partial charge is 0.425 e. The van der Waals surface area contributed by atoms with Crippen LogP contribution < -0.4 is 5.32 Å². The molecule has 0 radical (unpaired) electrons. The van der Waals surface area contributed by atoms with Crippen LogP contribution >= 0.6 is 0 Å². The Morgan fingerprint density at radius 3 is 2.55 bits per heavy atom. The Morgan fingerprint density at radius 2 is 2.15 bits per heavy atom. The van der Waals surface area contributed by atoms with Crippen LogP contribution in [-0.2, 0) is 17.4 Å². The molecular formula is C12H18F3N3O2. The number of aryl methyl sites for hydroxylation is 1. The average molecular weight is 293 g/mol. The maximum absolute atomic E-state index is 13.1. The van der Waals surface area contributed by atoms with Gasteiger partial charge < -0.3 is 15.0 Å². The minimum Gasteiger partial charge on any atom is -0.374 e. The number of nitrogens with one attached hydrogen (secondary N) is 1. The number of carbonyl (C=O) groups is 1. The van der Waals surface area contributed by atoms with E-state index in [9.17, 15) is 23.1 Å². The summed E-state index contributed by atoms with van der Waals surface area (Å²) in [5.41, 5.74) is -3.30. The number of imidazole rings is 1. The van der Waals surface area contributed by atoms with E-state index in [-0.39, 0.29) is 6.04 Å². The predicted octanol–water partition coefficient (Wildman–Crippen LogP) is 1.47. The molecule has 0 unspecified atom stereocenters. The van der Waals surface area contributed by atoms with Gasteiger partial charge in [0, 0.05) is 25.5 Å². The lowest BCUT2D eigenvalue weighted by molar-refractivity contribution is -0.271. The molecule has 0 spiro atoms. The van der Waals surface area contributed by atoms with Gasteiger partial charge in [0.25, 0.3) is 0 Å². The molecular weight excluding hydrogens is 275 g/mol. The number of aromatic nitrogens is 2. The third kappa shape index (κ3) is 3.30. The number of halogens is 3. The highest BCUT2D eigenvalue weighted by atomic mass is 19.4. The van der Waals surface area contributed by atoms with Crippen molar-refractivity contribution in [3.63, 3.8) is 0 Å². The highest BCUT2D eigenvalue weighted by Crippen LogP contribution is 2.40. The number of amides is 1. The van der Waals surface area contributed by atoms with Gasteiger partial charge in [-0.25, -0.2) is 4.98 Å². The van der Waals surface area contributed by atoms with E-state index in [0.717, 1.165) is 10.8 Å². The fourth-order valence-electron chi connectivity index (χ4n) is 1.73. The van der Waals surface area contributed by atoms with Crippen LogP contribution in [0.2, 0.25) is 0 Å². The van der Waals surface area contributed by atoms with Crippen molar-refractivity contribution in [2.24, 2.45) is 7.05 Å². The van der Waals surface area contributed by atoms with Crippen LogP contribution in [-0.4, -0.2) is 32.8 Å². The van der Waals surface area contributed by atoms with Gasteiger partial charge in [-0.1, -0.05) is 6.92 Å². The molecule has 8 heteroatoms. The Kier molecular flexibility index (Phi) is 4.80. The lowest BCUT2D eigenvalue weighted by atomic mass is 9.97. The topological polar surface area (TPSA) is 67.2 Å². The van der Waals surface area contributed by atoms with Crippen molar-refractivity contribution >= 4 is 5.91 Å². The second-order valence-electron chi connectivity index (χ2n) is 4.77. The first kappa shape index (κ1) is 16.5. The van der Waals surface area contributed by atoms with E-state index in [1.807, 2.05) is 0 Å². The van der Waals surface area contributed by atoms with E-state index < -0.39 is 29.9 Å². The molecule has 114 valence electrons. The Labute approximate surface area is 114 Å². The van der Waals surface area contributed by atoms with E-state index in [4.69, 9.17) is 0 Å². The lowest BCUT2D eigenvalue weighted by Crippen LogP contribution is -2.48. The van der Waals surface area contributed by atoms with Gasteiger partial charge in [0.05, 0.1) is 6.42 Å². The second-order valence-corrected chi connectivity index (χ2v) is 4.77. The van der Waals surface area contributed by atoms with E-state index in [1.165, 1.54) is 13.2 Å². The number of hydrogen-bond acceptors (Lipinski definition) is 3. The molecule has 1 heterocycles. The SMILES string of the molecule is CC[C@@H](C)NC(=O)C[C@@](O)(c1nccn1C)C(F)(F)F. The summed E-state index contributed by atoms with van der Waals surface area (Å²) in [5.74, 6) is -1.48. The molecule has 2 N–H and O–H groups in total. The summed E-state index contributed by atoms with van der Waals surface area (Å²) in [7, 11) is 1.33. The highest BCUT2D eigenvalue weighted by Gasteiger charge is 2.58. The van der Waals surface area contributed by atoms with Crippen molar-refractivity contribution in [2.75, 3.05) is 0 Å². The molecule has 0 fully saturated rings. The summed E-state index contributed by atoms with van der Waals surface area (Å²) in [6.45, 7) is 3.46. The van der Waals surface area contributed by atoms with Crippen molar-refractivity contribution < 1.29 is 23.1 Å². The number of rotatable bonds is 5. The van der Waals surface area contributed by atoms with Crippen molar-refractivity contribution in [3.05, 3.63) is 18.2 Å². The van der Waals surface area contributed by atoms with Gasteiger partial charge in [-0.2, -0.15) is 13.2 Å². The van der Waals surface area contributed by atoms with Gasteiger partial charge in [-0.05, 0) is 13.3 Å². The highest BCUT2D eigenvalue weighted by molar-refractivity contribution is 5.77. The number of carbonyl (C=O) groups excluding carboxylic acids is 1. The molecule has 0 aliphatic carbocycles. The fraction of sp³-hybridized carbons (Fsp3) is 0.667. The molecule has 1 aromatic heterocycles. The molecule has 1 amide bonds. The Bertz CT molecular complexity index is 473. The van der Waals surface area contributed by atoms with Crippen LogP contribution in [0.4, 0.5) is 13.2 Å². The van der Waals surface area contributed by atoms with E-state index in [1.54, 1.807) is 13.8 Å². The Morgan fingerprint density at radius 1 is 1.55 bits per heavy atom. The monoisotopic (exact) mass is 293 g/mol. The summed E-state index contributed by atoms with van der Waals surface area (Å²) in [6.07, 6.45) is -3.12. The summed E-state index contributed by atoms with van der Waals surface area (Å²) in [5, 5.41) is 12.4. The number of alkyl halides is 3. The number of hydrogen-bond donors (Lipinski definition) is 2. The third-order valence-corrected chi connectivity index (χ3v) is 3.10. The molecule has 1 rings (SSSR count). The fourth-order valence-corrected chi connectivity index (χ4v) is 1.73. The zero-order chi connectivity index (χ0) is 15.6. The molecule has 20 heavy (non-hydrogen) atoms. The minimum atomic E-state index is -5.00. The predicted molar refractivity (Wildman–Crippen MR) is 65.7 cm³/mol. The lowest BCUT2D eigenvalue weighted by Gasteiger charge is -2.29. The first-order chi connectivity index (χ1) is 9.11. The van der Waals surface area contributed by atoms with Crippen molar-refractivity contribution in [2.45, 2.75) is 44.5 Å². The summed E-state index contributed by atoms with van der Waals surface area (Å²) in [6, 6.07) is -0.263. The van der Waals surface area contributed by atoms with Gasteiger partial charge in [-0.15, -0.1) is 0 Å². The number of aliphatic hydroxyl groups is 1. The quantitative estimate of drug-likeness (QED) is 0.864. The molecule has 0 aliphatic rings. The summed E-state index contributed by atoms with van der Waals surface area (Å²) in [4.78, 5) is 15.2. The van der Waals surface area contributed by atoms with Crippen molar-refractivity contribution in [1.29, 1.82) is 0 Å². The van der Waals surface area contributed by atoms with Crippen LogP contribution in [0.25, 0.3) is 0 Å². The molecule has 2 atom stereocenters. The standard InChI is InChI=1S/C12H18F3N3O2/c1-4-8(2)17-9(19)7-11(20,12(13,14)15)10-16-5-6-18(10)3/h5-6,8,20H,4,7H2,1-3H3,(H,17,19)/t8-,11-/m1/s1. The second kappa shape index (κ2) is 5.82. The van der Waals surface area contributed by atoms with Crippen LogP contribution in [0.1, 0.15) is 32.5 Å². The zero-order valence-electron chi connectivity index (χ0n) is 11.5. The van der Waals surface area contributed by atoms with E-state index in [0.29, 0.717) is 6.42 Å². The molecule has 0 saturated carbocycles. The van der Waals surface area contributed by atoms with Crippen LogP contribution in [0.5, 0.6) is 0 Å². The molecule has 0 bridgehead atoms. The van der Waals surface area contributed by atoms with E-state index in [2.05, 4.69) is 10.3 Å². The van der Waals surface area contributed by atoms with Gasteiger partial charge in [0.15, 0.2) is 5.82 Å². The smallest absolute Gasteiger partial charge is 0.374 e. The van der Waals surface area contributed by atoms with E-state index >= 15 is 0 Å². The summed E-state index contributed by atoms with van der Waals surface area (Å²) >= 11 is 0. The summed E-state index contributed by atoms with van der Waals surface area (Å²) < 4.78 is 40.5. The molecule has 0 aromatic carbocycles. The van der Waals surface area contributed by atoms with Crippen LogP contribution in [0.3, 0.4) is 0 Å². The zero-order valence-corrected chi connectivity index (χ0v) is 11.5. The van der Waals surface area contributed by atoms with Gasteiger partial charge in [0.2, 0.25) is 11.5 Å². The molecule has 5 nitrogen and oxygen atoms in total. The normalized spacial score (nSPS) is 16.6. The first-order valence-corrected chi connectivity index (χ1v) is 6.18. The minimum absolute atomic E-state index is 0.263. The van der Waals surface area contributed by atoms with Crippen molar-refractivity contribution in [1.82, 2.24) is 14.9 Å². The van der Waals surface area contributed by atoms with Crippen LogP contribution in [0.15, 0.2) is 12.4 Å². The Balaban J connectivity index is 3.03.